The van der Waals surface area contributed by atoms with Crippen molar-refractivity contribution in [2.45, 2.75) is 6.54 Å². The maximum absolute atomic E-state index is 11.7. The van der Waals surface area contributed by atoms with Crippen molar-refractivity contribution in [3.05, 3.63) is 64.2 Å². The number of anilines is 1. The number of nitrogens with one attached hydrogen (secondary N) is 1. The van der Waals surface area contributed by atoms with Crippen molar-refractivity contribution in [2.75, 3.05) is 12.4 Å². The van der Waals surface area contributed by atoms with Crippen molar-refractivity contribution < 1.29 is 9.53 Å². The summed E-state index contributed by atoms with van der Waals surface area (Å²) < 4.78 is 4.75. The molecule has 0 aliphatic carbocycles. The van der Waals surface area contributed by atoms with E-state index >= 15 is 0 Å². The fraction of sp³-hybridized carbons (Fsp3) is 0.125. The molecular formula is C16H13ClN2O2. The van der Waals surface area contributed by atoms with Gasteiger partial charge in [-0.1, -0.05) is 29.8 Å². The molecule has 2 rings (SSSR count). The second-order valence-electron chi connectivity index (χ2n) is 4.31. The lowest BCUT2D eigenvalue weighted by Gasteiger charge is -2.10. The number of ether oxygens (including phenoxy) is 1. The predicted octanol–water partition coefficient (Wildman–Crippen LogP) is 3.61. The van der Waals surface area contributed by atoms with Crippen LogP contribution in [0.1, 0.15) is 21.5 Å². The number of methoxy groups -OCH3 is 1. The number of hydrogen-bond donors (Lipinski definition) is 1. The molecule has 106 valence electrons. The summed E-state index contributed by atoms with van der Waals surface area (Å²) in [4.78, 5) is 11.7. The molecular weight excluding hydrogens is 288 g/mol. The average molecular weight is 301 g/mol. The molecule has 0 unspecified atom stereocenters. The van der Waals surface area contributed by atoms with E-state index in [4.69, 9.17) is 21.6 Å². The highest BCUT2D eigenvalue weighted by Crippen LogP contribution is 2.20. The summed E-state index contributed by atoms with van der Waals surface area (Å²) in [6.07, 6.45) is 0. The second-order valence-corrected chi connectivity index (χ2v) is 4.72. The van der Waals surface area contributed by atoms with Crippen molar-refractivity contribution in [3.8, 4) is 6.07 Å². The summed E-state index contributed by atoms with van der Waals surface area (Å²) in [5, 5.41) is 12.5. The first-order chi connectivity index (χ1) is 10.2. The van der Waals surface area contributed by atoms with Gasteiger partial charge in [0.25, 0.3) is 0 Å². The van der Waals surface area contributed by atoms with Gasteiger partial charge in [-0.25, -0.2) is 4.79 Å². The molecule has 0 atom stereocenters. The van der Waals surface area contributed by atoms with Gasteiger partial charge in [-0.2, -0.15) is 5.26 Å². The molecule has 21 heavy (non-hydrogen) atoms. The third-order valence-electron chi connectivity index (χ3n) is 2.99. The lowest BCUT2D eigenvalue weighted by Crippen LogP contribution is -2.09. The van der Waals surface area contributed by atoms with E-state index in [1.165, 1.54) is 7.11 Å². The predicted molar refractivity (Wildman–Crippen MR) is 81.3 cm³/mol. The van der Waals surface area contributed by atoms with Gasteiger partial charge < -0.3 is 10.1 Å². The maximum atomic E-state index is 11.7. The van der Waals surface area contributed by atoms with Gasteiger partial charge in [0.2, 0.25) is 0 Å². The van der Waals surface area contributed by atoms with E-state index in [1.807, 2.05) is 18.2 Å². The van der Waals surface area contributed by atoms with Gasteiger partial charge in [0.1, 0.15) is 6.07 Å². The van der Waals surface area contributed by atoms with Crippen LogP contribution in [0.25, 0.3) is 0 Å². The molecule has 0 fully saturated rings. The number of rotatable bonds is 4. The standard InChI is InChI=1S/C16H13ClN2O2/c1-21-16(20)14-5-3-2-4-11(14)10-19-13-6-7-15(17)12(8-13)9-18/h2-8,19H,10H2,1H3. The molecule has 2 aromatic carbocycles. The summed E-state index contributed by atoms with van der Waals surface area (Å²) in [6.45, 7) is 0.442. The number of benzene rings is 2. The molecule has 0 saturated carbocycles. The van der Waals surface area contributed by atoms with Gasteiger partial charge in [0.05, 0.1) is 23.3 Å². The first-order valence-corrected chi connectivity index (χ1v) is 6.63. The van der Waals surface area contributed by atoms with Crippen LogP contribution >= 0.6 is 11.6 Å². The van der Waals surface area contributed by atoms with Crippen molar-refractivity contribution in [3.63, 3.8) is 0 Å². The highest BCUT2D eigenvalue weighted by atomic mass is 35.5. The molecule has 5 heteroatoms. The third-order valence-corrected chi connectivity index (χ3v) is 3.32. The molecule has 0 heterocycles. The summed E-state index contributed by atoms with van der Waals surface area (Å²) in [5.74, 6) is -0.374. The number of halogens is 1. The Labute approximate surface area is 127 Å². The van der Waals surface area contributed by atoms with Gasteiger partial charge >= 0.3 is 5.97 Å². The first kappa shape index (κ1) is 14.9. The largest absolute Gasteiger partial charge is 0.465 e. The Bertz CT molecular complexity index is 708. The minimum atomic E-state index is -0.374. The van der Waals surface area contributed by atoms with Crippen LogP contribution in [0, 0.1) is 11.3 Å². The minimum Gasteiger partial charge on any atom is -0.465 e. The normalized spacial score (nSPS) is 9.76. The first-order valence-electron chi connectivity index (χ1n) is 6.25. The molecule has 1 N–H and O–H groups in total. The fourth-order valence-corrected chi connectivity index (χ4v) is 2.06. The van der Waals surface area contributed by atoms with E-state index in [0.717, 1.165) is 11.3 Å². The smallest absolute Gasteiger partial charge is 0.338 e. The summed E-state index contributed by atoms with van der Waals surface area (Å²) >= 11 is 5.89. The zero-order chi connectivity index (χ0) is 15.2. The monoisotopic (exact) mass is 300 g/mol. The number of esters is 1. The molecule has 0 amide bonds. The van der Waals surface area contributed by atoms with Crippen LogP contribution in [0.2, 0.25) is 5.02 Å². The lowest BCUT2D eigenvalue weighted by molar-refractivity contribution is 0.0599. The molecule has 0 aliphatic heterocycles. The zero-order valence-corrected chi connectivity index (χ0v) is 12.1. The molecule has 2 aromatic rings. The van der Waals surface area contributed by atoms with Crippen LogP contribution in [-0.4, -0.2) is 13.1 Å². The quantitative estimate of drug-likeness (QED) is 0.876. The number of carbonyl (C=O) groups excluding carboxylic acids is 1. The summed E-state index contributed by atoms with van der Waals surface area (Å²) in [6, 6.07) is 14.3. The van der Waals surface area contributed by atoms with E-state index < -0.39 is 0 Å². The van der Waals surface area contributed by atoms with E-state index in [0.29, 0.717) is 22.7 Å². The van der Waals surface area contributed by atoms with E-state index in [9.17, 15) is 4.79 Å². The van der Waals surface area contributed by atoms with Crippen molar-refractivity contribution >= 4 is 23.3 Å². The van der Waals surface area contributed by atoms with Crippen molar-refractivity contribution in [2.24, 2.45) is 0 Å². The number of hydrogen-bond acceptors (Lipinski definition) is 4. The Morgan fingerprint density at radius 2 is 2.10 bits per heavy atom. The van der Waals surface area contributed by atoms with Crippen LogP contribution in [0.15, 0.2) is 42.5 Å². The topological polar surface area (TPSA) is 62.1 Å². The second kappa shape index (κ2) is 6.78. The molecule has 4 nitrogen and oxygen atoms in total. The minimum absolute atomic E-state index is 0.374. The van der Waals surface area contributed by atoms with E-state index in [2.05, 4.69) is 5.32 Å². The molecule has 0 spiro atoms. The number of nitriles is 1. The van der Waals surface area contributed by atoms with Crippen LogP contribution in [0.4, 0.5) is 5.69 Å². The average Bonchev–Trinajstić information content (AvgIpc) is 2.53. The highest BCUT2D eigenvalue weighted by Gasteiger charge is 2.10. The van der Waals surface area contributed by atoms with Crippen LogP contribution in [0.3, 0.4) is 0 Å². The molecule has 0 radical (unpaired) electrons. The SMILES string of the molecule is COC(=O)c1ccccc1CNc1ccc(Cl)c(C#N)c1. The number of carbonyl (C=O) groups is 1. The third kappa shape index (κ3) is 3.53. The van der Waals surface area contributed by atoms with Gasteiger partial charge in [0.15, 0.2) is 0 Å². The summed E-state index contributed by atoms with van der Waals surface area (Å²) in [7, 11) is 1.35. The van der Waals surface area contributed by atoms with Crippen LogP contribution < -0.4 is 5.32 Å². The molecule has 0 aliphatic rings. The van der Waals surface area contributed by atoms with E-state index in [1.54, 1.807) is 30.3 Å². The van der Waals surface area contributed by atoms with Gasteiger partial charge in [-0.05, 0) is 29.8 Å². The Morgan fingerprint density at radius 1 is 1.33 bits per heavy atom. The Kier molecular flexibility index (Phi) is 4.81. The molecule has 0 aromatic heterocycles. The Morgan fingerprint density at radius 3 is 2.81 bits per heavy atom. The molecule has 0 saturated heterocycles. The highest BCUT2D eigenvalue weighted by molar-refractivity contribution is 6.31. The van der Waals surface area contributed by atoms with Crippen LogP contribution in [-0.2, 0) is 11.3 Å². The fourth-order valence-electron chi connectivity index (χ4n) is 1.90. The van der Waals surface area contributed by atoms with Gasteiger partial charge in [0, 0.05) is 12.2 Å². The van der Waals surface area contributed by atoms with Gasteiger partial charge in [-0.15, -0.1) is 0 Å². The lowest BCUT2D eigenvalue weighted by atomic mass is 10.1. The van der Waals surface area contributed by atoms with Crippen molar-refractivity contribution in [1.29, 1.82) is 5.26 Å². The number of nitrogens with zero attached hydrogens (tertiary/aromatic N) is 1. The van der Waals surface area contributed by atoms with E-state index in [-0.39, 0.29) is 5.97 Å². The van der Waals surface area contributed by atoms with Crippen LogP contribution in [0.5, 0.6) is 0 Å². The van der Waals surface area contributed by atoms with Gasteiger partial charge in [-0.3, -0.25) is 0 Å². The Hall–Kier alpha value is -2.51. The maximum Gasteiger partial charge on any atom is 0.338 e. The zero-order valence-electron chi connectivity index (χ0n) is 11.4. The Balaban J connectivity index is 2.17. The summed E-state index contributed by atoms with van der Waals surface area (Å²) in [5.41, 5.74) is 2.50. The molecule has 0 bridgehead atoms. The van der Waals surface area contributed by atoms with Crippen molar-refractivity contribution in [1.82, 2.24) is 0 Å².